The number of hydrogen-bond acceptors (Lipinski definition) is 5. The quantitative estimate of drug-likeness (QED) is 0.660. The number of aliphatic carboxylic acids is 1. The van der Waals surface area contributed by atoms with Gasteiger partial charge in [-0.3, -0.25) is 19.7 Å². The van der Waals surface area contributed by atoms with E-state index in [1.54, 1.807) is 13.1 Å². The summed E-state index contributed by atoms with van der Waals surface area (Å²) in [5, 5.41) is 20.8. The van der Waals surface area contributed by atoms with Crippen molar-refractivity contribution in [3.8, 4) is 5.69 Å². The van der Waals surface area contributed by atoms with Gasteiger partial charge in [0, 0.05) is 37.1 Å². The Morgan fingerprint density at radius 3 is 2.77 bits per heavy atom. The van der Waals surface area contributed by atoms with Gasteiger partial charge in [0.2, 0.25) is 0 Å². The van der Waals surface area contributed by atoms with Crippen LogP contribution in [0, 0.1) is 15.5 Å². The van der Waals surface area contributed by atoms with E-state index in [0.717, 1.165) is 0 Å². The molecule has 1 fully saturated rings. The Kier molecular flexibility index (Phi) is 4.45. The van der Waals surface area contributed by atoms with Gasteiger partial charge in [-0.05, 0) is 31.9 Å². The van der Waals surface area contributed by atoms with Crippen molar-refractivity contribution >= 4 is 17.6 Å². The van der Waals surface area contributed by atoms with Gasteiger partial charge in [0.25, 0.3) is 11.6 Å². The molecule has 1 aliphatic rings. The topological polar surface area (TPSA) is 119 Å². The molecule has 1 aliphatic heterocycles. The summed E-state index contributed by atoms with van der Waals surface area (Å²) in [6.45, 7) is 2.12. The molecule has 9 heteroatoms. The number of benzene rings is 1. The van der Waals surface area contributed by atoms with E-state index in [4.69, 9.17) is 0 Å². The molecular weight excluding hydrogens is 340 g/mol. The third-order valence-electron chi connectivity index (χ3n) is 4.70. The van der Waals surface area contributed by atoms with Gasteiger partial charge in [0.15, 0.2) is 0 Å². The first-order valence-electron chi connectivity index (χ1n) is 8.11. The van der Waals surface area contributed by atoms with Crippen LogP contribution in [0.2, 0.25) is 0 Å². The van der Waals surface area contributed by atoms with Crippen molar-refractivity contribution in [1.82, 2.24) is 14.5 Å². The third-order valence-corrected chi connectivity index (χ3v) is 4.70. The van der Waals surface area contributed by atoms with E-state index < -0.39 is 22.2 Å². The van der Waals surface area contributed by atoms with Crippen LogP contribution in [0.15, 0.2) is 36.9 Å². The van der Waals surface area contributed by atoms with E-state index in [2.05, 4.69) is 4.98 Å². The predicted octanol–water partition coefficient (Wildman–Crippen LogP) is 2.11. The van der Waals surface area contributed by atoms with Crippen LogP contribution in [-0.4, -0.2) is 49.4 Å². The van der Waals surface area contributed by atoms with Gasteiger partial charge in [-0.25, -0.2) is 4.98 Å². The summed E-state index contributed by atoms with van der Waals surface area (Å²) >= 11 is 0. The summed E-state index contributed by atoms with van der Waals surface area (Å²) in [5.41, 5.74) is -0.753. The lowest BCUT2D eigenvalue weighted by Gasteiger charge is -2.37. The monoisotopic (exact) mass is 358 g/mol. The number of amides is 1. The van der Waals surface area contributed by atoms with Crippen LogP contribution in [0.3, 0.4) is 0 Å². The highest BCUT2D eigenvalue weighted by Gasteiger charge is 2.39. The van der Waals surface area contributed by atoms with Crippen molar-refractivity contribution in [2.75, 3.05) is 13.1 Å². The van der Waals surface area contributed by atoms with Crippen LogP contribution in [0.4, 0.5) is 5.69 Å². The predicted molar refractivity (Wildman–Crippen MR) is 91.1 cm³/mol. The molecule has 2 aromatic rings. The van der Waals surface area contributed by atoms with E-state index in [1.165, 1.54) is 40.2 Å². The Hall–Kier alpha value is -3.23. The van der Waals surface area contributed by atoms with E-state index >= 15 is 0 Å². The summed E-state index contributed by atoms with van der Waals surface area (Å²) in [7, 11) is 0. The molecule has 1 unspecified atom stereocenters. The maximum Gasteiger partial charge on any atom is 0.311 e. The second-order valence-corrected chi connectivity index (χ2v) is 6.63. The average molecular weight is 358 g/mol. The molecular formula is C17H18N4O5. The van der Waals surface area contributed by atoms with Crippen molar-refractivity contribution in [3.63, 3.8) is 0 Å². The molecule has 0 aliphatic carbocycles. The molecule has 1 N–H and O–H groups in total. The number of hydrogen-bond donors (Lipinski definition) is 1. The maximum atomic E-state index is 12.8. The Bertz CT molecular complexity index is 864. The first kappa shape index (κ1) is 17.6. The number of aromatic nitrogens is 2. The molecule has 0 radical (unpaired) electrons. The van der Waals surface area contributed by atoms with Crippen LogP contribution in [0.25, 0.3) is 5.69 Å². The van der Waals surface area contributed by atoms with Gasteiger partial charge in [0.05, 0.1) is 16.7 Å². The van der Waals surface area contributed by atoms with Crippen LogP contribution >= 0.6 is 0 Å². The van der Waals surface area contributed by atoms with Crippen LogP contribution < -0.4 is 0 Å². The van der Waals surface area contributed by atoms with Gasteiger partial charge in [-0.2, -0.15) is 0 Å². The molecule has 0 spiro atoms. The highest BCUT2D eigenvalue weighted by atomic mass is 16.6. The zero-order valence-corrected chi connectivity index (χ0v) is 14.2. The van der Waals surface area contributed by atoms with Crippen LogP contribution in [0.5, 0.6) is 0 Å². The van der Waals surface area contributed by atoms with Crippen molar-refractivity contribution in [2.45, 2.75) is 19.8 Å². The standard InChI is InChI=1S/C17H18N4O5/c1-17(16(23)24)5-2-7-19(10-17)15(22)12-3-4-13(14(9-12)21(25)26)20-8-6-18-11-20/h3-4,6,8-9,11H,2,5,7,10H2,1H3,(H,23,24). The first-order valence-corrected chi connectivity index (χ1v) is 8.11. The molecule has 136 valence electrons. The fraction of sp³-hybridized carbons (Fsp3) is 0.353. The third kappa shape index (κ3) is 3.15. The minimum atomic E-state index is -1.00. The van der Waals surface area contributed by atoms with Gasteiger partial charge in [0.1, 0.15) is 5.69 Å². The molecule has 3 rings (SSSR count). The van der Waals surface area contributed by atoms with E-state index in [0.29, 0.717) is 25.1 Å². The van der Waals surface area contributed by atoms with Gasteiger partial charge < -0.3 is 14.6 Å². The van der Waals surface area contributed by atoms with Gasteiger partial charge in [-0.15, -0.1) is 0 Å². The van der Waals surface area contributed by atoms with Crippen LogP contribution in [-0.2, 0) is 4.79 Å². The summed E-state index contributed by atoms with van der Waals surface area (Å²) in [6.07, 6.45) is 5.58. The summed E-state index contributed by atoms with van der Waals surface area (Å²) in [6, 6.07) is 4.23. The average Bonchev–Trinajstić information content (AvgIpc) is 3.15. The highest BCUT2D eigenvalue weighted by molar-refractivity contribution is 5.96. The number of nitro benzene ring substituents is 1. The fourth-order valence-corrected chi connectivity index (χ4v) is 3.19. The molecule has 1 amide bonds. The minimum Gasteiger partial charge on any atom is -0.481 e. The molecule has 1 aromatic heterocycles. The fourth-order valence-electron chi connectivity index (χ4n) is 3.19. The molecule has 9 nitrogen and oxygen atoms in total. The largest absolute Gasteiger partial charge is 0.481 e. The van der Waals surface area contributed by atoms with E-state index in [9.17, 15) is 24.8 Å². The second-order valence-electron chi connectivity index (χ2n) is 6.63. The molecule has 1 saturated heterocycles. The number of carbonyl (C=O) groups is 2. The van der Waals surface area contributed by atoms with Gasteiger partial charge in [-0.1, -0.05) is 0 Å². The molecule has 1 atom stereocenters. The molecule has 0 bridgehead atoms. The Morgan fingerprint density at radius 2 is 2.15 bits per heavy atom. The number of rotatable bonds is 4. The smallest absolute Gasteiger partial charge is 0.311 e. The summed E-state index contributed by atoms with van der Waals surface area (Å²) in [4.78, 5) is 40.4. The van der Waals surface area contributed by atoms with Crippen molar-refractivity contribution in [1.29, 1.82) is 0 Å². The number of nitrogens with zero attached hydrogens (tertiary/aromatic N) is 4. The number of carboxylic acid groups (broad SMARTS) is 1. The summed E-state index contributed by atoms with van der Waals surface area (Å²) in [5.74, 6) is -1.35. The van der Waals surface area contributed by atoms with Crippen LogP contribution in [0.1, 0.15) is 30.1 Å². The molecule has 26 heavy (non-hydrogen) atoms. The lowest BCUT2D eigenvalue weighted by atomic mass is 9.82. The van der Waals surface area contributed by atoms with Gasteiger partial charge >= 0.3 is 5.97 Å². The Balaban J connectivity index is 1.92. The SMILES string of the molecule is CC1(C(=O)O)CCCN(C(=O)c2ccc(-n3ccnc3)c([N+](=O)[O-])c2)C1. The Morgan fingerprint density at radius 1 is 1.38 bits per heavy atom. The lowest BCUT2D eigenvalue weighted by molar-refractivity contribution is -0.384. The maximum absolute atomic E-state index is 12.8. The molecule has 0 saturated carbocycles. The Labute approximate surface area is 149 Å². The molecule has 2 heterocycles. The number of likely N-dealkylation sites (tertiary alicyclic amines) is 1. The number of piperidine rings is 1. The number of nitro groups is 1. The number of carbonyl (C=O) groups excluding carboxylic acids is 1. The van der Waals surface area contributed by atoms with Crippen molar-refractivity contribution < 1.29 is 19.6 Å². The zero-order valence-electron chi connectivity index (χ0n) is 14.2. The number of imidazole rings is 1. The first-order chi connectivity index (χ1) is 12.3. The van der Waals surface area contributed by atoms with Crippen molar-refractivity contribution in [3.05, 3.63) is 52.6 Å². The second kappa shape index (κ2) is 6.58. The van der Waals surface area contributed by atoms with E-state index in [-0.39, 0.29) is 17.8 Å². The normalized spacial score (nSPS) is 20.0. The highest BCUT2D eigenvalue weighted by Crippen LogP contribution is 2.31. The zero-order chi connectivity index (χ0) is 18.9. The van der Waals surface area contributed by atoms with E-state index in [1.807, 2.05) is 0 Å². The number of carboxylic acids is 1. The minimum absolute atomic E-state index is 0.0816. The summed E-state index contributed by atoms with van der Waals surface area (Å²) < 4.78 is 1.49. The lowest BCUT2D eigenvalue weighted by Crippen LogP contribution is -2.48. The van der Waals surface area contributed by atoms with Crippen molar-refractivity contribution in [2.24, 2.45) is 5.41 Å². The molecule has 1 aromatic carbocycles.